The minimum Gasteiger partial charge on any atom is -0.354 e. The van der Waals surface area contributed by atoms with Crippen molar-refractivity contribution in [3.8, 4) is 0 Å². The maximum Gasteiger partial charge on any atom is 0.315 e. The highest BCUT2D eigenvalue weighted by Crippen LogP contribution is 2.38. The average molecular weight is 435 g/mol. The summed E-state index contributed by atoms with van der Waals surface area (Å²) >= 11 is 0. The van der Waals surface area contributed by atoms with E-state index in [1.54, 1.807) is 36.7 Å². The first-order valence-electron chi connectivity index (χ1n) is 10.5. The second kappa shape index (κ2) is 8.16. The first-order chi connectivity index (χ1) is 15.5. The summed E-state index contributed by atoms with van der Waals surface area (Å²) in [4.78, 5) is 20.5. The molecule has 0 radical (unpaired) electrons. The lowest BCUT2D eigenvalue weighted by molar-refractivity contribution is 0.0398. The number of rotatable bonds is 5. The fourth-order valence-electron chi connectivity index (χ4n) is 3.83. The van der Waals surface area contributed by atoms with Crippen LogP contribution in [-0.2, 0) is 5.92 Å². The van der Waals surface area contributed by atoms with Gasteiger partial charge in [-0.3, -0.25) is 0 Å². The van der Waals surface area contributed by atoms with Crippen molar-refractivity contribution in [3.05, 3.63) is 72.2 Å². The summed E-state index contributed by atoms with van der Waals surface area (Å²) in [6, 6.07) is 13.0. The quantitative estimate of drug-likeness (QED) is 0.494. The molecule has 0 spiro atoms. The van der Waals surface area contributed by atoms with Gasteiger partial charge in [-0.25, -0.2) is 9.97 Å². The van der Waals surface area contributed by atoms with Crippen molar-refractivity contribution in [2.24, 2.45) is 0 Å². The first-order valence-corrected chi connectivity index (χ1v) is 10.5. The van der Waals surface area contributed by atoms with E-state index in [9.17, 15) is 0 Å². The van der Waals surface area contributed by atoms with Crippen molar-refractivity contribution in [2.75, 3.05) is 43.4 Å². The monoisotopic (exact) mass is 435 g/mol. The van der Waals surface area contributed by atoms with E-state index < -0.39 is 5.92 Å². The van der Waals surface area contributed by atoms with Crippen LogP contribution in [0.1, 0.15) is 11.3 Å². The number of aromatic nitrogens is 4. The lowest BCUT2D eigenvalue weighted by Crippen LogP contribution is -2.44. The normalized spacial score (nSPS) is 15.3. The summed E-state index contributed by atoms with van der Waals surface area (Å²) in [5, 5.41) is 3.31. The molecule has 4 heterocycles. The minimum atomic E-state index is -3.27. The Morgan fingerprint density at radius 1 is 0.969 bits per heavy atom. The topological polar surface area (TPSA) is 73.0 Å². The smallest absolute Gasteiger partial charge is 0.315 e. The predicted octanol–water partition coefficient (Wildman–Crippen LogP) is 3.99. The average Bonchev–Trinajstić information content (AvgIpc) is 3.29. The number of alkyl halides is 2. The molecular weight excluding hydrogens is 412 g/mol. The van der Waals surface area contributed by atoms with Crippen molar-refractivity contribution in [1.82, 2.24) is 24.8 Å². The van der Waals surface area contributed by atoms with Crippen LogP contribution in [0.3, 0.4) is 0 Å². The summed E-state index contributed by atoms with van der Waals surface area (Å²) in [5.74, 6) is -2.30. The van der Waals surface area contributed by atoms with Gasteiger partial charge in [0.05, 0.1) is 11.9 Å². The molecule has 164 valence electrons. The van der Waals surface area contributed by atoms with Gasteiger partial charge in [0, 0.05) is 43.3 Å². The van der Waals surface area contributed by atoms with Gasteiger partial charge >= 0.3 is 5.92 Å². The summed E-state index contributed by atoms with van der Waals surface area (Å²) in [5.41, 5.74) is 0.502. The van der Waals surface area contributed by atoms with E-state index >= 15 is 8.78 Å². The van der Waals surface area contributed by atoms with Gasteiger partial charge in [0.1, 0.15) is 17.2 Å². The first kappa shape index (κ1) is 20.3. The second-order valence-electron chi connectivity index (χ2n) is 7.90. The highest BCUT2D eigenvalue weighted by Gasteiger charge is 2.38. The molecule has 5 rings (SSSR count). The van der Waals surface area contributed by atoms with Gasteiger partial charge in [-0.05, 0) is 25.2 Å². The van der Waals surface area contributed by atoms with Crippen LogP contribution in [0.4, 0.5) is 26.2 Å². The molecule has 0 aliphatic carbocycles. The SMILES string of the molecule is CN1CCN(c2ccc(Nc3nc(C(F)(F)c4ccccc4)c4cc[nH]c4n3)cn2)CC1. The molecule has 0 saturated carbocycles. The molecule has 2 N–H and O–H groups in total. The third kappa shape index (κ3) is 3.87. The van der Waals surface area contributed by atoms with Crippen LogP contribution in [-0.4, -0.2) is 58.1 Å². The molecule has 1 aromatic carbocycles. The van der Waals surface area contributed by atoms with Crippen LogP contribution in [0.15, 0.2) is 60.9 Å². The fraction of sp³-hybridized carbons (Fsp3) is 0.261. The van der Waals surface area contributed by atoms with Gasteiger partial charge < -0.3 is 20.1 Å². The van der Waals surface area contributed by atoms with E-state index in [0.29, 0.717) is 11.3 Å². The van der Waals surface area contributed by atoms with Crippen LogP contribution in [0.2, 0.25) is 0 Å². The maximum absolute atomic E-state index is 15.3. The highest BCUT2D eigenvalue weighted by molar-refractivity contribution is 5.81. The molecule has 1 aliphatic rings. The van der Waals surface area contributed by atoms with Crippen molar-refractivity contribution in [1.29, 1.82) is 0 Å². The molecule has 0 unspecified atom stereocenters. The van der Waals surface area contributed by atoms with Crippen LogP contribution < -0.4 is 10.2 Å². The van der Waals surface area contributed by atoms with Crippen LogP contribution >= 0.6 is 0 Å². The lowest BCUT2D eigenvalue weighted by Gasteiger charge is -2.33. The van der Waals surface area contributed by atoms with Crippen molar-refractivity contribution < 1.29 is 8.78 Å². The number of anilines is 3. The number of fused-ring (bicyclic) bond motifs is 1. The van der Waals surface area contributed by atoms with E-state index in [1.165, 1.54) is 12.1 Å². The van der Waals surface area contributed by atoms with Gasteiger partial charge in [-0.1, -0.05) is 30.3 Å². The largest absolute Gasteiger partial charge is 0.354 e. The van der Waals surface area contributed by atoms with E-state index in [0.717, 1.165) is 32.0 Å². The number of pyridine rings is 1. The van der Waals surface area contributed by atoms with E-state index in [2.05, 4.69) is 42.1 Å². The number of H-pyrrole nitrogens is 1. The van der Waals surface area contributed by atoms with Gasteiger partial charge in [0.15, 0.2) is 0 Å². The number of nitrogens with zero attached hydrogens (tertiary/aromatic N) is 5. The third-order valence-electron chi connectivity index (χ3n) is 5.68. The summed E-state index contributed by atoms with van der Waals surface area (Å²) < 4.78 is 30.7. The number of nitrogens with one attached hydrogen (secondary N) is 2. The Morgan fingerprint density at radius 3 is 2.47 bits per heavy atom. The summed E-state index contributed by atoms with van der Waals surface area (Å²) in [7, 11) is 2.11. The Morgan fingerprint density at radius 2 is 1.75 bits per heavy atom. The van der Waals surface area contributed by atoms with Crippen LogP contribution in [0, 0.1) is 0 Å². The number of aromatic amines is 1. The van der Waals surface area contributed by atoms with Gasteiger partial charge in [-0.15, -0.1) is 0 Å². The number of piperazine rings is 1. The standard InChI is InChI=1S/C23H23F2N7/c1-31-11-13-32(14-12-31)19-8-7-17(15-27-19)28-22-29-20(18-9-10-26-21(18)30-22)23(24,25)16-5-3-2-4-6-16/h2-10,15H,11-14H2,1H3,(H2,26,28,29,30). The predicted molar refractivity (Wildman–Crippen MR) is 121 cm³/mol. The number of halogens is 2. The van der Waals surface area contributed by atoms with E-state index in [4.69, 9.17) is 0 Å². The summed E-state index contributed by atoms with van der Waals surface area (Å²) in [6.45, 7) is 3.82. The van der Waals surface area contributed by atoms with E-state index in [-0.39, 0.29) is 22.6 Å². The molecule has 1 saturated heterocycles. The molecule has 1 aliphatic heterocycles. The van der Waals surface area contributed by atoms with Crippen molar-refractivity contribution >= 4 is 28.5 Å². The molecule has 3 aromatic heterocycles. The van der Waals surface area contributed by atoms with Crippen molar-refractivity contribution in [2.45, 2.75) is 5.92 Å². The van der Waals surface area contributed by atoms with Gasteiger partial charge in [0.25, 0.3) is 0 Å². The molecule has 4 aromatic rings. The lowest BCUT2D eigenvalue weighted by atomic mass is 10.0. The Hall–Kier alpha value is -3.59. The third-order valence-corrected chi connectivity index (χ3v) is 5.68. The number of likely N-dealkylation sites (N-methyl/N-ethyl adjacent to an activating group) is 1. The molecule has 0 amide bonds. The van der Waals surface area contributed by atoms with Gasteiger partial charge in [-0.2, -0.15) is 13.8 Å². The van der Waals surface area contributed by atoms with Gasteiger partial charge in [0.2, 0.25) is 5.95 Å². The molecule has 1 fully saturated rings. The zero-order chi connectivity index (χ0) is 22.1. The Balaban J connectivity index is 1.43. The fourth-order valence-corrected chi connectivity index (χ4v) is 3.83. The Kier molecular flexibility index (Phi) is 5.18. The zero-order valence-corrected chi connectivity index (χ0v) is 17.6. The molecule has 0 atom stereocenters. The van der Waals surface area contributed by atoms with E-state index in [1.807, 2.05) is 12.1 Å². The minimum absolute atomic E-state index is 0.0831. The van der Waals surface area contributed by atoms with Crippen LogP contribution in [0.25, 0.3) is 11.0 Å². The molecule has 32 heavy (non-hydrogen) atoms. The number of hydrogen-bond acceptors (Lipinski definition) is 6. The molecule has 7 nitrogen and oxygen atoms in total. The Labute approximate surface area is 184 Å². The summed E-state index contributed by atoms with van der Waals surface area (Å²) in [6.07, 6.45) is 3.25. The van der Waals surface area contributed by atoms with Crippen LogP contribution in [0.5, 0.6) is 0 Å². The molecule has 0 bridgehead atoms. The van der Waals surface area contributed by atoms with Crippen molar-refractivity contribution in [3.63, 3.8) is 0 Å². The second-order valence-corrected chi connectivity index (χ2v) is 7.90. The number of hydrogen-bond donors (Lipinski definition) is 2. The molecule has 9 heteroatoms. The Bertz CT molecular complexity index is 1200. The highest BCUT2D eigenvalue weighted by atomic mass is 19.3. The zero-order valence-electron chi connectivity index (χ0n) is 17.6. The molecular formula is C23H23F2N7. The maximum atomic E-state index is 15.3. The number of benzene rings is 1.